The SMILES string of the molecule is CCOc1ccc(OCC(=O)Nc2cccc(F)c2)cc1. The Morgan fingerprint density at radius 1 is 1.10 bits per heavy atom. The van der Waals surface area contributed by atoms with E-state index in [1.54, 1.807) is 30.3 Å². The van der Waals surface area contributed by atoms with Gasteiger partial charge in [0.25, 0.3) is 5.91 Å². The minimum Gasteiger partial charge on any atom is -0.494 e. The molecule has 0 unspecified atom stereocenters. The Morgan fingerprint density at radius 2 is 1.76 bits per heavy atom. The van der Waals surface area contributed by atoms with Gasteiger partial charge in [-0.3, -0.25) is 4.79 Å². The van der Waals surface area contributed by atoms with Crippen LogP contribution in [0.2, 0.25) is 0 Å². The number of carbonyl (C=O) groups is 1. The van der Waals surface area contributed by atoms with E-state index in [1.165, 1.54) is 18.2 Å². The number of nitrogens with one attached hydrogen (secondary N) is 1. The predicted molar refractivity (Wildman–Crippen MR) is 78.1 cm³/mol. The summed E-state index contributed by atoms with van der Waals surface area (Å²) in [5, 5.41) is 2.56. The second-order valence-corrected chi connectivity index (χ2v) is 4.25. The maximum atomic E-state index is 13.0. The van der Waals surface area contributed by atoms with Crippen molar-refractivity contribution in [2.75, 3.05) is 18.5 Å². The highest BCUT2D eigenvalue weighted by molar-refractivity contribution is 5.91. The number of ether oxygens (including phenoxy) is 2. The van der Waals surface area contributed by atoms with Gasteiger partial charge in [0, 0.05) is 5.69 Å². The zero-order valence-electron chi connectivity index (χ0n) is 11.6. The van der Waals surface area contributed by atoms with Crippen molar-refractivity contribution in [1.29, 1.82) is 0 Å². The molecule has 4 nitrogen and oxygen atoms in total. The van der Waals surface area contributed by atoms with E-state index in [0.29, 0.717) is 18.0 Å². The number of hydrogen-bond donors (Lipinski definition) is 1. The van der Waals surface area contributed by atoms with Crippen molar-refractivity contribution >= 4 is 11.6 Å². The zero-order chi connectivity index (χ0) is 15.1. The highest BCUT2D eigenvalue weighted by Gasteiger charge is 2.04. The van der Waals surface area contributed by atoms with E-state index < -0.39 is 5.82 Å². The minimum atomic E-state index is -0.403. The summed E-state index contributed by atoms with van der Waals surface area (Å²) in [4.78, 5) is 11.7. The minimum absolute atomic E-state index is 0.148. The molecule has 0 heterocycles. The summed E-state index contributed by atoms with van der Waals surface area (Å²) in [6, 6.07) is 12.7. The molecule has 2 aromatic rings. The molecule has 0 spiro atoms. The Balaban J connectivity index is 1.83. The molecule has 0 radical (unpaired) electrons. The molecule has 2 aromatic carbocycles. The average molecular weight is 289 g/mol. The van der Waals surface area contributed by atoms with Gasteiger partial charge in [0.05, 0.1) is 6.61 Å². The van der Waals surface area contributed by atoms with Crippen LogP contribution in [-0.2, 0) is 4.79 Å². The molecule has 0 aromatic heterocycles. The van der Waals surface area contributed by atoms with Crippen LogP contribution in [-0.4, -0.2) is 19.1 Å². The molecule has 0 aliphatic heterocycles. The fraction of sp³-hybridized carbons (Fsp3) is 0.188. The molecule has 0 atom stereocenters. The number of amides is 1. The number of halogens is 1. The lowest BCUT2D eigenvalue weighted by atomic mass is 10.3. The van der Waals surface area contributed by atoms with Crippen LogP contribution in [0.4, 0.5) is 10.1 Å². The second kappa shape index (κ2) is 7.28. The maximum Gasteiger partial charge on any atom is 0.262 e. The van der Waals surface area contributed by atoms with Gasteiger partial charge >= 0.3 is 0 Å². The Morgan fingerprint density at radius 3 is 2.38 bits per heavy atom. The van der Waals surface area contributed by atoms with E-state index in [0.717, 1.165) is 5.75 Å². The normalized spacial score (nSPS) is 10.0. The number of hydrogen-bond acceptors (Lipinski definition) is 3. The van der Waals surface area contributed by atoms with Crippen molar-refractivity contribution in [3.63, 3.8) is 0 Å². The van der Waals surface area contributed by atoms with Gasteiger partial charge in [0.2, 0.25) is 0 Å². The Labute approximate surface area is 122 Å². The quantitative estimate of drug-likeness (QED) is 0.888. The Bertz CT molecular complexity index is 599. The number of rotatable bonds is 6. The Hall–Kier alpha value is -2.56. The second-order valence-electron chi connectivity index (χ2n) is 4.25. The first kappa shape index (κ1) is 14.8. The van der Waals surface area contributed by atoms with Gasteiger partial charge in [-0.05, 0) is 49.4 Å². The van der Waals surface area contributed by atoms with E-state index >= 15 is 0 Å². The van der Waals surface area contributed by atoms with Crippen LogP contribution in [0.1, 0.15) is 6.92 Å². The first-order valence-corrected chi connectivity index (χ1v) is 6.58. The molecule has 5 heteroatoms. The molecule has 110 valence electrons. The molecule has 0 aliphatic carbocycles. The van der Waals surface area contributed by atoms with Gasteiger partial charge in [-0.2, -0.15) is 0 Å². The number of benzene rings is 2. The molecule has 0 bridgehead atoms. The maximum absolute atomic E-state index is 13.0. The van der Waals surface area contributed by atoms with Crippen molar-refractivity contribution < 1.29 is 18.7 Å². The Kier molecular flexibility index (Phi) is 5.15. The molecular formula is C16H16FNO3. The van der Waals surface area contributed by atoms with Crippen molar-refractivity contribution in [2.24, 2.45) is 0 Å². The van der Waals surface area contributed by atoms with Crippen molar-refractivity contribution in [2.45, 2.75) is 6.92 Å². The summed E-state index contributed by atoms with van der Waals surface area (Å²) in [7, 11) is 0. The zero-order valence-corrected chi connectivity index (χ0v) is 11.6. The van der Waals surface area contributed by atoms with Crippen LogP contribution < -0.4 is 14.8 Å². The first-order chi connectivity index (χ1) is 10.2. The summed E-state index contributed by atoms with van der Waals surface area (Å²) < 4.78 is 23.6. The molecule has 1 amide bonds. The number of carbonyl (C=O) groups excluding carboxylic acids is 1. The highest BCUT2D eigenvalue weighted by atomic mass is 19.1. The van der Waals surface area contributed by atoms with E-state index in [9.17, 15) is 9.18 Å². The van der Waals surface area contributed by atoms with E-state index in [4.69, 9.17) is 9.47 Å². The third-order valence-corrected chi connectivity index (χ3v) is 2.61. The average Bonchev–Trinajstić information content (AvgIpc) is 2.47. The molecule has 0 saturated carbocycles. The van der Waals surface area contributed by atoms with Gasteiger partial charge in [-0.1, -0.05) is 6.07 Å². The smallest absolute Gasteiger partial charge is 0.262 e. The van der Waals surface area contributed by atoms with Gasteiger partial charge in [-0.15, -0.1) is 0 Å². The summed E-state index contributed by atoms with van der Waals surface area (Å²) in [5.74, 6) is 0.552. The van der Waals surface area contributed by atoms with Gasteiger partial charge in [0.1, 0.15) is 17.3 Å². The van der Waals surface area contributed by atoms with E-state index in [2.05, 4.69) is 5.32 Å². The largest absolute Gasteiger partial charge is 0.494 e. The molecule has 0 aliphatic rings. The fourth-order valence-electron chi connectivity index (χ4n) is 1.71. The summed E-state index contributed by atoms with van der Waals surface area (Å²) in [6.07, 6.45) is 0. The molecule has 0 saturated heterocycles. The summed E-state index contributed by atoms with van der Waals surface area (Å²) in [6.45, 7) is 2.35. The standard InChI is InChI=1S/C16H16FNO3/c1-2-20-14-6-8-15(9-7-14)21-11-16(19)18-13-5-3-4-12(17)10-13/h3-10H,2,11H2,1H3,(H,18,19). The lowest BCUT2D eigenvalue weighted by Crippen LogP contribution is -2.20. The van der Waals surface area contributed by atoms with Crippen LogP contribution >= 0.6 is 0 Å². The van der Waals surface area contributed by atoms with Crippen molar-refractivity contribution in [3.05, 3.63) is 54.3 Å². The van der Waals surface area contributed by atoms with Gasteiger partial charge < -0.3 is 14.8 Å². The highest BCUT2D eigenvalue weighted by Crippen LogP contribution is 2.17. The molecule has 2 rings (SSSR count). The molecule has 21 heavy (non-hydrogen) atoms. The fourth-order valence-corrected chi connectivity index (χ4v) is 1.71. The summed E-state index contributed by atoms with van der Waals surface area (Å²) in [5.41, 5.74) is 0.398. The van der Waals surface area contributed by atoms with Gasteiger partial charge in [-0.25, -0.2) is 4.39 Å². The van der Waals surface area contributed by atoms with Crippen LogP contribution in [0, 0.1) is 5.82 Å². The third kappa shape index (κ3) is 4.80. The van der Waals surface area contributed by atoms with E-state index in [-0.39, 0.29) is 12.5 Å². The monoisotopic (exact) mass is 289 g/mol. The third-order valence-electron chi connectivity index (χ3n) is 2.61. The van der Waals surface area contributed by atoms with Crippen molar-refractivity contribution in [1.82, 2.24) is 0 Å². The van der Waals surface area contributed by atoms with E-state index in [1.807, 2.05) is 6.92 Å². The van der Waals surface area contributed by atoms with Crippen LogP contribution in [0.15, 0.2) is 48.5 Å². The molecule has 1 N–H and O–H groups in total. The lowest BCUT2D eigenvalue weighted by Gasteiger charge is -2.08. The van der Waals surface area contributed by atoms with Crippen LogP contribution in [0.3, 0.4) is 0 Å². The van der Waals surface area contributed by atoms with Crippen LogP contribution in [0.25, 0.3) is 0 Å². The van der Waals surface area contributed by atoms with Crippen molar-refractivity contribution in [3.8, 4) is 11.5 Å². The molecular weight excluding hydrogens is 273 g/mol. The van der Waals surface area contributed by atoms with Crippen LogP contribution in [0.5, 0.6) is 11.5 Å². The number of anilines is 1. The first-order valence-electron chi connectivity index (χ1n) is 6.58. The summed E-state index contributed by atoms with van der Waals surface area (Å²) >= 11 is 0. The van der Waals surface area contributed by atoms with Gasteiger partial charge in [0.15, 0.2) is 6.61 Å². The lowest BCUT2D eigenvalue weighted by molar-refractivity contribution is -0.118. The molecule has 0 fully saturated rings. The predicted octanol–water partition coefficient (Wildman–Crippen LogP) is 3.24. The topological polar surface area (TPSA) is 47.6 Å².